The summed E-state index contributed by atoms with van der Waals surface area (Å²) in [6.45, 7) is 4.33. The van der Waals surface area contributed by atoms with E-state index in [1.165, 1.54) is 11.1 Å². The largest absolute Gasteiger partial charge is 0.303 e. The Balaban J connectivity index is 2.11. The summed E-state index contributed by atoms with van der Waals surface area (Å²) in [5, 5.41) is 8.63. The second kappa shape index (κ2) is 6.22. The molecule has 1 heterocycles. The van der Waals surface area contributed by atoms with Gasteiger partial charge < -0.3 is 5.32 Å². The second-order valence-electron chi connectivity index (χ2n) is 4.85. The third-order valence-electron chi connectivity index (χ3n) is 3.34. The monoisotopic (exact) mass is 277 g/mol. The molecule has 0 saturated carbocycles. The van der Waals surface area contributed by atoms with Gasteiger partial charge in [-0.1, -0.05) is 30.7 Å². The summed E-state index contributed by atoms with van der Waals surface area (Å²) >= 11 is 6.06. The van der Waals surface area contributed by atoms with Crippen molar-refractivity contribution in [1.82, 2.24) is 15.1 Å². The number of halogens is 1. The van der Waals surface area contributed by atoms with Crippen molar-refractivity contribution in [2.45, 2.75) is 32.4 Å². The summed E-state index contributed by atoms with van der Waals surface area (Å²) in [7, 11) is 1.94. The molecule has 4 heteroatoms. The minimum absolute atomic E-state index is 0.262. The molecule has 0 aliphatic carbocycles. The lowest BCUT2D eigenvalue weighted by atomic mass is 10.0. The predicted molar refractivity (Wildman–Crippen MR) is 79.2 cm³/mol. The van der Waals surface area contributed by atoms with Crippen LogP contribution in [0, 0.1) is 0 Å². The van der Waals surface area contributed by atoms with Crippen LogP contribution in [0.4, 0.5) is 0 Å². The summed E-state index contributed by atoms with van der Waals surface area (Å²) < 4.78 is 1.83. The van der Waals surface area contributed by atoms with Crippen LogP contribution in [-0.2, 0) is 7.05 Å². The van der Waals surface area contributed by atoms with E-state index < -0.39 is 0 Å². The maximum Gasteiger partial charge on any atom is 0.0537 e. The molecule has 2 atom stereocenters. The minimum atomic E-state index is 0.262. The summed E-state index contributed by atoms with van der Waals surface area (Å²) in [6.07, 6.45) is 4.97. The van der Waals surface area contributed by atoms with E-state index in [-0.39, 0.29) is 6.04 Å². The van der Waals surface area contributed by atoms with Gasteiger partial charge in [-0.2, -0.15) is 5.10 Å². The van der Waals surface area contributed by atoms with Crippen molar-refractivity contribution in [3.05, 3.63) is 52.8 Å². The SMILES string of the molecule is CCC(NC(C)c1cnn(C)c1)c1cccc(Cl)c1. The van der Waals surface area contributed by atoms with Gasteiger partial charge in [-0.3, -0.25) is 4.68 Å². The average Bonchev–Trinajstić information content (AvgIpc) is 2.82. The van der Waals surface area contributed by atoms with E-state index in [4.69, 9.17) is 11.6 Å². The van der Waals surface area contributed by atoms with Crippen molar-refractivity contribution in [1.29, 1.82) is 0 Å². The molecular weight excluding hydrogens is 258 g/mol. The standard InChI is InChI=1S/C15H20ClN3/c1-4-15(12-6-5-7-14(16)8-12)18-11(2)13-9-17-19(3)10-13/h5-11,15,18H,4H2,1-3H3. The first kappa shape index (κ1) is 14.1. The number of rotatable bonds is 5. The third-order valence-corrected chi connectivity index (χ3v) is 3.57. The molecule has 19 heavy (non-hydrogen) atoms. The fraction of sp³-hybridized carbons (Fsp3) is 0.400. The Bertz CT molecular complexity index is 536. The summed E-state index contributed by atoms with van der Waals surface area (Å²) in [5.74, 6) is 0. The van der Waals surface area contributed by atoms with E-state index >= 15 is 0 Å². The third kappa shape index (κ3) is 3.58. The van der Waals surface area contributed by atoms with Gasteiger partial charge in [0.25, 0.3) is 0 Å². The molecule has 0 aliphatic heterocycles. The highest BCUT2D eigenvalue weighted by Gasteiger charge is 2.14. The first-order valence-electron chi connectivity index (χ1n) is 6.60. The summed E-state index contributed by atoms with van der Waals surface area (Å²) in [5.41, 5.74) is 2.42. The first-order valence-corrected chi connectivity index (χ1v) is 6.98. The predicted octanol–water partition coefficient (Wildman–Crippen LogP) is 3.88. The zero-order chi connectivity index (χ0) is 13.8. The van der Waals surface area contributed by atoms with E-state index in [0.29, 0.717) is 6.04 Å². The van der Waals surface area contributed by atoms with Crippen molar-refractivity contribution in [2.24, 2.45) is 7.05 Å². The molecule has 3 nitrogen and oxygen atoms in total. The molecule has 0 amide bonds. The van der Waals surface area contributed by atoms with Crippen LogP contribution < -0.4 is 5.32 Å². The van der Waals surface area contributed by atoms with Crippen LogP contribution in [0.15, 0.2) is 36.7 Å². The molecule has 2 rings (SSSR count). The van der Waals surface area contributed by atoms with Gasteiger partial charge in [-0.25, -0.2) is 0 Å². The van der Waals surface area contributed by atoms with Crippen molar-refractivity contribution in [3.63, 3.8) is 0 Å². The first-order chi connectivity index (χ1) is 9.10. The molecule has 2 unspecified atom stereocenters. The van der Waals surface area contributed by atoms with Gasteiger partial charge in [-0.15, -0.1) is 0 Å². The zero-order valence-corrected chi connectivity index (χ0v) is 12.4. The Labute approximate surface area is 119 Å². The quantitative estimate of drug-likeness (QED) is 0.899. The molecule has 0 radical (unpaired) electrons. The summed E-state index contributed by atoms with van der Waals surface area (Å²) in [6, 6.07) is 8.60. The fourth-order valence-corrected chi connectivity index (χ4v) is 2.43. The molecule has 1 aromatic heterocycles. The Morgan fingerprint density at radius 2 is 2.16 bits per heavy atom. The molecule has 102 valence electrons. The highest BCUT2D eigenvalue weighted by atomic mass is 35.5. The molecule has 1 N–H and O–H groups in total. The number of hydrogen-bond donors (Lipinski definition) is 1. The second-order valence-corrected chi connectivity index (χ2v) is 5.29. The maximum absolute atomic E-state index is 6.06. The Kier molecular flexibility index (Phi) is 4.61. The number of aryl methyl sites for hydroxylation is 1. The van der Waals surface area contributed by atoms with Crippen molar-refractivity contribution >= 4 is 11.6 Å². The van der Waals surface area contributed by atoms with E-state index in [1.807, 2.05) is 42.3 Å². The smallest absolute Gasteiger partial charge is 0.0537 e. The maximum atomic E-state index is 6.06. The van der Waals surface area contributed by atoms with Crippen LogP contribution in [0.1, 0.15) is 43.5 Å². The number of nitrogens with one attached hydrogen (secondary N) is 1. The Morgan fingerprint density at radius 3 is 2.74 bits per heavy atom. The average molecular weight is 278 g/mol. The van der Waals surface area contributed by atoms with Crippen LogP contribution in [0.3, 0.4) is 0 Å². The van der Waals surface area contributed by atoms with Crippen LogP contribution in [0.5, 0.6) is 0 Å². The molecule has 0 spiro atoms. The Hall–Kier alpha value is -1.32. The topological polar surface area (TPSA) is 29.9 Å². The van der Waals surface area contributed by atoms with Crippen LogP contribution in [0.25, 0.3) is 0 Å². The zero-order valence-electron chi connectivity index (χ0n) is 11.6. The van der Waals surface area contributed by atoms with Gasteiger partial charge in [-0.05, 0) is 31.0 Å². The molecule has 0 fully saturated rings. The number of benzene rings is 1. The van der Waals surface area contributed by atoms with Crippen LogP contribution in [-0.4, -0.2) is 9.78 Å². The van der Waals surface area contributed by atoms with Gasteiger partial charge in [0.05, 0.1) is 6.20 Å². The summed E-state index contributed by atoms with van der Waals surface area (Å²) in [4.78, 5) is 0. The fourth-order valence-electron chi connectivity index (χ4n) is 2.23. The van der Waals surface area contributed by atoms with E-state index in [0.717, 1.165) is 11.4 Å². The lowest BCUT2D eigenvalue weighted by Gasteiger charge is -2.22. The van der Waals surface area contributed by atoms with Crippen LogP contribution >= 0.6 is 11.6 Å². The van der Waals surface area contributed by atoms with Gasteiger partial charge in [0, 0.05) is 35.9 Å². The van der Waals surface area contributed by atoms with E-state index in [9.17, 15) is 0 Å². The number of aromatic nitrogens is 2. The van der Waals surface area contributed by atoms with E-state index in [1.54, 1.807) is 0 Å². The molecule has 0 aliphatic rings. The molecule has 2 aromatic rings. The van der Waals surface area contributed by atoms with E-state index in [2.05, 4.69) is 30.3 Å². The molecule has 0 bridgehead atoms. The van der Waals surface area contributed by atoms with Crippen molar-refractivity contribution < 1.29 is 0 Å². The van der Waals surface area contributed by atoms with Gasteiger partial charge in [0.15, 0.2) is 0 Å². The lowest BCUT2D eigenvalue weighted by Crippen LogP contribution is -2.24. The number of hydrogen-bond acceptors (Lipinski definition) is 2. The van der Waals surface area contributed by atoms with Crippen molar-refractivity contribution in [2.75, 3.05) is 0 Å². The van der Waals surface area contributed by atoms with Gasteiger partial charge >= 0.3 is 0 Å². The normalized spacial score (nSPS) is 14.3. The minimum Gasteiger partial charge on any atom is -0.303 e. The van der Waals surface area contributed by atoms with Gasteiger partial charge in [0.2, 0.25) is 0 Å². The molecule has 0 saturated heterocycles. The highest BCUT2D eigenvalue weighted by Crippen LogP contribution is 2.23. The Morgan fingerprint density at radius 1 is 1.37 bits per heavy atom. The lowest BCUT2D eigenvalue weighted by molar-refractivity contribution is 0.456. The van der Waals surface area contributed by atoms with Crippen LogP contribution in [0.2, 0.25) is 5.02 Å². The highest BCUT2D eigenvalue weighted by molar-refractivity contribution is 6.30. The van der Waals surface area contributed by atoms with Crippen molar-refractivity contribution in [3.8, 4) is 0 Å². The van der Waals surface area contributed by atoms with Gasteiger partial charge in [0.1, 0.15) is 0 Å². The number of nitrogens with zero attached hydrogens (tertiary/aromatic N) is 2. The molecular formula is C15H20ClN3. The molecule has 1 aromatic carbocycles.